The monoisotopic (exact) mass is 318 g/mol. The van der Waals surface area contributed by atoms with E-state index in [1.165, 1.54) is 23.1 Å². The summed E-state index contributed by atoms with van der Waals surface area (Å²) in [6.07, 6.45) is -4.73. The van der Waals surface area contributed by atoms with E-state index in [0.717, 1.165) is 0 Å². The van der Waals surface area contributed by atoms with E-state index >= 15 is 0 Å². The van der Waals surface area contributed by atoms with Crippen LogP contribution in [-0.4, -0.2) is 50.0 Å². The first-order valence-corrected chi connectivity index (χ1v) is 6.76. The van der Waals surface area contributed by atoms with E-state index in [0.29, 0.717) is 25.3 Å². The Hall–Kier alpha value is -1.80. The average Bonchev–Trinajstić information content (AvgIpc) is 2.46. The van der Waals surface area contributed by atoms with Gasteiger partial charge >= 0.3 is 6.36 Å². The summed E-state index contributed by atoms with van der Waals surface area (Å²) in [5.41, 5.74) is 0.550. The first-order valence-electron chi connectivity index (χ1n) is 6.76. The highest BCUT2D eigenvalue weighted by molar-refractivity contribution is 5.81. The number of nitrogens with one attached hydrogen (secondary N) is 1. The fourth-order valence-corrected chi connectivity index (χ4v) is 2.18. The van der Waals surface area contributed by atoms with Crippen molar-refractivity contribution in [3.05, 3.63) is 29.8 Å². The van der Waals surface area contributed by atoms with Crippen molar-refractivity contribution in [1.82, 2.24) is 10.2 Å². The van der Waals surface area contributed by atoms with Crippen LogP contribution in [0.5, 0.6) is 5.75 Å². The van der Waals surface area contributed by atoms with Crippen LogP contribution in [0.1, 0.15) is 5.56 Å². The third kappa shape index (κ3) is 4.88. The van der Waals surface area contributed by atoms with Gasteiger partial charge in [-0.25, -0.2) is 0 Å². The lowest BCUT2D eigenvalue weighted by Gasteiger charge is -2.27. The van der Waals surface area contributed by atoms with Crippen molar-refractivity contribution in [3.63, 3.8) is 0 Å². The van der Waals surface area contributed by atoms with Gasteiger partial charge in [0, 0.05) is 20.1 Å². The topological polar surface area (TPSA) is 50.8 Å². The van der Waals surface area contributed by atoms with Gasteiger partial charge in [0.2, 0.25) is 5.91 Å². The maximum Gasteiger partial charge on any atom is 0.573 e. The van der Waals surface area contributed by atoms with Crippen molar-refractivity contribution in [2.45, 2.75) is 18.9 Å². The second-order valence-electron chi connectivity index (χ2n) is 4.97. The first-order chi connectivity index (χ1) is 10.3. The SMILES string of the molecule is CN(Cc1cccc(OC(F)(F)F)c1)C(=O)C1COCCN1. The predicted molar refractivity (Wildman–Crippen MR) is 72.2 cm³/mol. The summed E-state index contributed by atoms with van der Waals surface area (Å²) in [6, 6.07) is 5.15. The summed E-state index contributed by atoms with van der Waals surface area (Å²) >= 11 is 0. The number of amides is 1. The van der Waals surface area contributed by atoms with Crippen LogP contribution in [0.3, 0.4) is 0 Å². The number of morpholine rings is 1. The van der Waals surface area contributed by atoms with Gasteiger partial charge in [-0.15, -0.1) is 13.2 Å². The van der Waals surface area contributed by atoms with Gasteiger partial charge in [-0.3, -0.25) is 4.79 Å². The normalized spacial score (nSPS) is 18.8. The Balaban J connectivity index is 1.97. The lowest BCUT2D eigenvalue weighted by Crippen LogP contribution is -2.51. The molecule has 122 valence electrons. The zero-order valence-electron chi connectivity index (χ0n) is 12.0. The number of carbonyl (C=O) groups excluding carboxylic acids is 1. The van der Waals surface area contributed by atoms with E-state index in [2.05, 4.69) is 10.1 Å². The molecule has 0 bridgehead atoms. The van der Waals surface area contributed by atoms with Gasteiger partial charge in [0.05, 0.1) is 13.2 Å². The average molecular weight is 318 g/mol. The molecule has 1 unspecified atom stereocenters. The minimum Gasteiger partial charge on any atom is -0.406 e. The Bertz CT molecular complexity index is 516. The first kappa shape index (κ1) is 16.6. The van der Waals surface area contributed by atoms with E-state index in [9.17, 15) is 18.0 Å². The molecule has 1 fully saturated rings. The molecule has 1 aliphatic rings. The van der Waals surface area contributed by atoms with Crippen LogP contribution in [0.2, 0.25) is 0 Å². The summed E-state index contributed by atoms with van der Waals surface area (Å²) in [4.78, 5) is 13.6. The van der Waals surface area contributed by atoms with E-state index < -0.39 is 12.4 Å². The molecule has 1 atom stereocenters. The molecular weight excluding hydrogens is 301 g/mol. The number of benzene rings is 1. The van der Waals surface area contributed by atoms with Gasteiger partial charge in [0.1, 0.15) is 11.8 Å². The molecule has 0 aromatic heterocycles. The number of hydrogen-bond donors (Lipinski definition) is 1. The summed E-state index contributed by atoms with van der Waals surface area (Å²) in [5, 5.41) is 3.04. The fourth-order valence-electron chi connectivity index (χ4n) is 2.18. The van der Waals surface area contributed by atoms with Crippen molar-refractivity contribution in [2.24, 2.45) is 0 Å². The molecule has 1 N–H and O–H groups in total. The minimum atomic E-state index is -4.73. The molecule has 0 saturated carbocycles. The third-order valence-corrected chi connectivity index (χ3v) is 3.15. The predicted octanol–water partition coefficient (Wildman–Crippen LogP) is 1.53. The summed E-state index contributed by atoms with van der Waals surface area (Å²) in [5.74, 6) is -0.466. The highest BCUT2D eigenvalue weighted by Gasteiger charge is 2.31. The number of likely N-dealkylation sites (N-methyl/N-ethyl adjacent to an activating group) is 1. The number of ether oxygens (including phenoxy) is 2. The molecule has 8 heteroatoms. The highest BCUT2D eigenvalue weighted by atomic mass is 19.4. The number of rotatable bonds is 4. The van der Waals surface area contributed by atoms with Crippen LogP contribution in [0.15, 0.2) is 24.3 Å². The standard InChI is InChI=1S/C14H17F3N2O3/c1-19(13(20)12-9-21-6-5-18-12)8-10-3-2-4-11(7-10)22-14(15,16)17/h2-4,7,12,18H,5-6,8-9H2,1H3. The molecule has 1 aromatic carbocycles. The Morgan fingerprint density at radius 3 is 2.91 bits per heavy atom. The van der Waals surface area contributed by atoms with Gasteiger partial charge in [-0.05, 0) is 17.7 Å². The maximum absolute atomic E-state index is 12.2. The lowest BCUT2D eigenvalue weighted by atomic mass is 10.2. The second kappa shape index (κ2) is 6.97. The van der Waals surface area contributed by atoms with Crippen molar-refractivity contribution < 1.29 is 27.4 Å². The smallest absolute Gasteiger partial charge is 0.406 e. The largest absolute Gasteiger partial charge is 0.573 e. The Morgan fingerprint density at radius 2 is 2.27 bits per heavy atom. The molecule has 1 aromatic rings. The summed E-state index contributed by atoms with van der Waals surface area (Å²) in [7, 11) is 1.59. The van der Waals surface area contributed by atoms with Crippen molar-refractivity contribution >= 4 is 5.91 Å². The molecule has 5 nitrogen and oxygen atoms in total. The molecule has 22 heavy (non-hydrogen) atoms. The van der Waals surface area contributed by atoms with Crippen LogP contribution < -0.4 is 10.1 Å². The van der Waals surface area contributed by atoms with Gasteiger partial charge in [0.25, 0.3) is 0 Å². The molecule has 1 aliphatic heterocycles. The molecule has 1 amide bonds. The van der Waals surface area contributed by atoms with Crippen molar-refractivity contribution in [1.29, 1.82) is 0 Å². The Morgan fingerprint density at radius 1 is 1.50 bits per heavy atom. The molecule has 0 radical (unpaired) electrons. The van der Waals surface area contributed by atoms with E-state index in [1.807, 2.05) is 0 Å². The zero-order chi connectivity index (χ0) is 16.2. The number of halogens is 3. The van der Waals surface area contributed by atoms with Crippen LogP contribution in [0, 0.1) is 0 Å². The van der Waals surface area contributed by atoms with E-state index in [4.69, 9.17) is 4.74 Å². The lowest BCUT2D eigenvalue weighted by molar-refractivity contribution is -0.274. The van der Waals surface area contributed by atoms with E-state index in [-0.39, 0.29) is 18.2 Å². The number of hydrogen-bond acceptors (Lipinski definition) is 4. The molecule has 1 heterocycles. The number of nitrogens with zero attached hydrogens (tertiary/aromatic N) is 1. The highest BCUT2D eigenvalue weighted by Crippen LogP contribution is 2.23. The summed E-state index contributed by atoms with van der Waals surface area (Å²) < 4.78 is 45.7. The van der Waals surface area contributed by atoms with Gasteiger partial charge < -0.3 is 19.7 Å². The fraction of sp³-hybridized carbons (Fsp3) is 0.500. The zero-order valence-corrected chi connectivity index (χ0v) is 12.0. The molecule has 2 rings (SSSR count). The third-order valence-electron chi connectivity index (χ3n) is 3.15. The minimum absolute atomic E-state index is 0.165. The van der Waals surface area contributed by atoms with Gasteiger partial charge in [-0.1, -0.05) is 12.1 Å². The van der Waals surface area contributed by atoms with Crippen molar-refractivity contribution in [2.75, 3.05) is 26.8 Å². The Kier molecular flexibility index (Phi) is 5.25. The molecular formula is C14H17F3N2O3. The van der Waals surface area contributed by atoms with Crippen LogP contribution >= 0.6 is 0 Å². The van der Waals surface area contributed by atoms with E-state index in [1.54, 1.807) is 13.1 Å². The molecule has 0 spiro atoms. The number of carbonyl (C=O) groups is 1. The van der Waals surface area contributed by atoms with Crippen LogP contribution in [-0.2, 0) is 16.1 Å². The van der Waals surface area contributed by atoms with Gasteiger partial charge in [-0.2, -0.15) is 0 Å². The maximum atomic E-state index is 12.2. The van der Waals surface area contributed by atoms with Crippen molar-refractivity contribution in [3.8, 4) is 5.75 Å². The Labute approximate surface area is 126 Å². The molecule has 1 saturated heterocycles. The van der Waals surface area contributed by atoms with Crippen LogP contribution in [0.4, 0.5) is 13.2 Å². The quantitative estimate of drug-likeness (QED) is 0.915. The van der Waals surface area contributed by atoms with Gasteiger partial charge in [0.15, 0.2) is 0 Å². The number of alkyl halides is 3. The van der Waals surface area contributed by atoms with Crippen LogP contribution in [0.25, 0.3) is 0 Å². The summed E-state index contributed by atoms with van der Waals surface area (Å²) in [6.45, 7) is 1.63. The molecule has 0 aliphatic carbocycles. The second-order valence-corrected chi connectivity index (χ2v) is 4.97.